The molecule has 2 aromatic rings. The van der Waals surface area contributed by atoms with E-state index in [1.807, 2.05) is 19.9 Å². The van der Waals surface area contributed by atoms with Gasteiger partial charge in [-0.05, 0) is 54.8 Å². The molecule has 1 atom stereocenters. The Morgan fingerprint density at radius 1 is 1.16 bits per heavy atom. The highest BCUT2D eigenvalue weighted by atomic mass is 32.2. The number of amides is 1. The fourth-order valence-corrected chi connectivity index (χ4v) is 4.39. The van der Waals surface area contributed by atoms with E-state index in [4.69, 9.17) is 13.7 Å². The highest BCUT2D eigenvalue weighted by molar-refractivity contribution is 7.87. The second-order valence-electron chi connectivity index (χ2n) is 7.87. The molecule has 0 aromatic heterocycles. The Kier molecular flexibility index (Phi) is 7.56. The molecule has 0 unspecified atom stereocenters. The maximum atomic E-state index is 12.7. The fraction of sp³-hybridized carbons (Fsp3) is 0.435. The summed E-state index contributed by atoms with van der Waals surface area (Å²) in [7, 11) is -2.48. The van der Waals surface area contributed by atoms with E-state index in [0.29, 0.717) is 18.8 Å². The third-order valence-corrected chi connectivity index (χ3v) is 6.34. The Morgan fingerprint density at radius 2 is 1.90 bits per heavy atom. The average Bonchev–Trinajstić information content (AvgIpc) is 3.26. The number of carbonyl (C=O) groups is 1. The van der Waals surface area contributed by atoms with Gasteiger partial charge in [0.05, 0.1) is 13.2 Å². The van der Waals surface area contributed by atoms with Crippen molar-refractivity contribution in [3.05, 3.63) is 54.1 Å². The molecule has 1 fully saturated rings. The van der Waals surface area contributed by atoms with E-state index in [9.17, 15) is 13.2 Å². The summed E-state index contributed by atoms with van der Waals surface area (Å²) in [6.45, 7) is 5.33. The van der Waals surface area contributed by atoms with Crippen LogP contribution in [0, 0.1) is 5.92 Å². The van der Waals surface area contributed by atoms with E-state index >= 15 is 0 Å². The molecule has 0 bridgehead atoms. The molecule has 7 nitrogen and oxygen atoms in total. The highest BCUT2D eigenvalue weighted by Gasteiger charge is 2.24. The standard InChI is InChI=1S/C23H29NO6S/c1-17(2)23(25)24(16-21-8-5-13-29-21)15-18-6-4-7-20(14-18)30-31(26,27)22-11-9-19(28-3)10-12-22/h4,6-7,9-12,14,17,21H,5,8,13,15-16H2,1-3H3/t21-/m1/s1. The predicted molar refractivity (Wildman–Crippen MR) is 116 cm³/mol. The summed E-state index contributed by atoms with van der Waals surface area (Å²) in [5.74, 6) is 0.647. The first kappa shape index (κ1) is 23.1. The first-order valence-electron chi connectivity index (χ1n) is 10.4. The molecule has 1 aliphatic heterocycles. The van der Waals surface area contributed by atoms with E-state index in [1.165, 1.54) is 19.2 Å². The van der Waals surface area contributed by atoms with Crippen LogP contribution in [0.15, 0.2) is 53.4 Å². The zero-order valence-corrected chi connectivity index (χ0v) is 18.9. The Labute approximate surface area is 184 Å². The molecule has 8 heteroatoms. The molecule has 0 N–H and O–H groups in total. The first-order chi connectivity index (χ1) is 14.8. The lowest BCUT2D eigenvalue weighted by atomic mass is 10.1. The summed E-state index contributed by atoms with van der Waals surface area (Å²) in [4.78, 5) is 14.5. The molecule has 2 aromatic carbocycles. The lowest BCUT2D eigenvalue weighted by molar-refractivity contribution is -0.136. The smallest absolute Gasteiger partial charge is 0.339 e. The number of carbonyl (C=O) groups excluding carboxylic acids is 1. The van der Waals surface area contributed by atoms with Crippen LogP contribution in [0.4, 0.5) is 0 Å². The van der Waals surface area contributed by atoms with Gasteiger partial charge in [-0.1, -0.05) is 26.0 Å². The molecular formula is C23H29NO6S. The van der Waals surface area contributed by atoms with Crippen molar-refractivity contribution in [2.75, 3.05) is 20.3 Å². The minimum atomic E-state index is -3.99. The van der Waals surface area contributed by atoms with Crippen LogP contribution < -0.4 is 8.92 Å². The maximum absolute atomic E-state index is 12.7. The van der Waals surface area contributed by atoms with Gasteiger partial charge in [-0.3, -0.25) is 4.79 Å². The van der Waals surface area contributed by atoms with Crippen LogP contribution in [0.25, 0.3) is 0 Å². The lowest BCUT2D eigenvalue weighted by Crippen LogP contribution is -2.39. The van der Waals surface area contributed by atoms with Gasteiger partial charge in [0.1, 0.15) is 16.4 Å². The Hall–Kier alpha value is -2.58. The molecule has 1 aliphatic rings. The van der Waals surface area contributed by atoms with Crippen molar-refractivity contribution in [1.82, 2.24) is 4.90 Å². The maximum Gasteiger partial charge on any atom is 0.339 e. The first-order valence-corrected chi connectivity index (χ1v) is 11.8. The highest BCUT2D eigenvalue weighted by Crippen LogP contribution is 2.23. The second kappa shape index (κ2) is 10.2. The molecule has 0 spiro atoms. The molecule has 0 saturated carbocycles. The molecule has 3 rings (SSSR count). The minimum Gasteiger partial charge on any atom is -0.497 e. The van der Waals surface area contributed by atoms with Crippen LogP contribution in [0.1, 0.15) is 32.3 Å². The van der Waals surface area contributed by atoms with Gasteiger partial charge in [-0.25, -0.2) is 0 Å². The molecule has 0 radical (unpaired) electrons. The van der Waals surface area contributed by atoms with Gasteiger partial charge in [0.2, 0.25) is 5.91 Å². The topological polar surface area (TPSA) is 82.1 Å². The van der Waals surface area contributed by atoms with Gasteiger partial charge in [-0.2, -0.15) is 8.42 Å². The van der Waals surface area contributed by atoms with Crippen molar-refractivity contribution in [1.29, 1.82) is 0 Å². The number of methoxy groups -OCH3 is 1. The Morgan fingerprint density at radius 3 is 2.52 bits per heavy atom. The van der Waals surface area contributed by atoms with Gasteiger partial charge in [-0.15, -0.1) is 0 Å². The molecule has 1 saturated heterocycles. The second-order valence-corrected chi connectivity index (χ2v) is 9.42. The third kappa shape index (κ3) is 6.21. The summed E-state index contributed by atoms with van der Waals surface area (Å²) in [6, 6.07) is 12.8. The minimum absolute atomic E-state index is 0.0349. The van der Waals surface area contributed by atoms with E-state index in [-0.39, 0.29) is 28.6 Å². The number of benzene rings is 2. The van der Waals surface area contributed by atoms with Gasteiger partial charge in [0.25, 0.3) is 0 Å². The molecule has 1 heterocycles. The van der Waals surface area contributed by atoms with Crippen LogP contribution in [0.2, 0.25) is 0 Å². The Bertz CT molecular complexity index is 981. The van der Waals surface area contributed by atoms with Crippen molar-refractivity contribution in [2.45, 2.75) is 44.2 Å². The van der Waals surface area contributed by atoms with Crippen LogP contribution >= 0.6 is 0 Å². The SMILES string of the molecule is COc1ccc(S(=O)(=O)Oc2cccc(CN(C[C@H]3CCCO3)C(=O)C(C)C)c2)cc1. The van der Waals surface area contributed by atoms with Crippen molar-refractivity contribution < 1.29 is 26.9 Å². The number of rotatable bonds is 9. The average molecular weight is 448 g/mol. The summed E-state index contributed by atoms with van der Waals surface area (Å²) in [6.07, 6.45) is 1.98. The normalized spacial score (nSPS) is 16.3. The van der Waals surface area contributed by atoms with Gasteiger partial charge < -0.3 is 18.6 Å². The number of hydrogen-bond acceptors (Lipinski definition) is 6. The molecule has 1 amide bonds. The molecular weight excluding hydrogens is 418 g/mol. The third-order valence-electron chi connectivity index (χ3n) is 5.08. The largest absolute Gasteiger partial charge is 0.497 e. The zero-order valence-electron chi connectivity index (χ0n) is 18.1. The predicted octanol–water partition coefficient (Wildman–Crippen LogP) is 3.63. The van der Waals surface area contributed by atoms with Crippen molar-refractivity contribution in [2.24, 2.45) is 5.92 Å². The molecule has 0 aliphatic carbocycles. The summed E-state index contributed by atoms with van der Waals surface area (Å²) in [5, 5.41) is 0. The van der Waals surface area contributed by atoms with E-state index < -0.39 is 10.1 Å². The molecule has 31 heavy (non-hydrogen) atoms. The van der Waals surface area contributed by atoms with Gasteiger partial charge in [0.15, 0.2) is 0 Å². The van der Waals surface area contributed by atoms with Crippen molar-refractivity contribution in [3.8, 4) is 11.5 Å². The van der Waals surface area contributed by atoms with E-state index in [1.54, 1.807) is 35.2 Å². The quantitative estimate of drug-likeness (QED) is 0.546. The van der Waals surface area contributed by atoms with Crippen LogP contribution in [0.5, 0.6) is 11.5 Å². The fourth-order valence-electron chi connectivity index (χ4n) is 3.46. The summed E-state index contributed by atoms with van der Waals surface area (Å²) in [5.41, 5.74) is 0.787. The number of nitrogens with zero attached hydrogens (tertiary/aromatic N) is 1. The van der Waals surface area contributed by atoms with Crippen LogP contribution in [-0.4, -0.2) is 45.6 Å². The van der Waals surface area contributed by atoms with E-state index in [0.717, 1.165) is 25.0 Å². The summed E-state index contributed by atoms with van der Waals surface area (Å²) < 4.78 is 41.3. The van der Waals surface area contributed by atoms with Gasteiger partial charge >= 0.3 is 10.1 Å². The Balaban J connectivity index is 1.74. The van der Waals surface area contributed by atoms with Crippen molar-refractivity contribution in [3.63, 3.8) is 0 Å². The van der Waals surface area contributed by atoms with Crippen LogP contribution in [0.3, 0.4) is 0 Å². The number of ether oxygens (including phenoxy) is 2. The van der Waals surface area contributed by atoms with Crippen molar-refractivity contribution >= 4 is 16.0 Å². The number of hydrogen-bond donors (Lipinski definition) is 0. The zero-order chi connectivity index (χ0) is 22.4. The molecule has 168 valence electrons. The monoisotopic (exact) mass is 447 g/mol. The van der Waals surface area contributed by atoms with E-state index in [2.05, 4.69) is 0 Å². The van der Waals surface area contributed by atoms with Crippen LogP contribution in [-0.2, 0) is 26.2 Å². The summed E-state index contributed by atoms with van der Waals surface area (Å²) >= 11 is 0. The lowest BCUT2D eigenvalue weighted by Gasteiger charge is -2.27. The van der Waals surface area contributed by atoms with Gasteiger partial charge in [0, 0.05) is 25.6 Å².